The van der Waals surface area contributed by atoms with Crippen molar-refractivity contribution < 1.29 is 23.0 Å². The molecule has 0 radical (unpaired) electrons. The molecule has 106 valence electrons. The maximum absolute atomic E-state index is 12.5. The van der Waals surface area contributed by atoms with Gasteiger partial charge in [0.25, 0.3) is 0 Å². The van der Waals surface area contributed by atoms with Crippen molar-refractivity contribution in [1.29, 1.82) is 0 Å². The lowest BCUT2D eigenvalue weighted by atomic mass is 10.2. The molecule has 1 aromatic carbocycles. The highest BCUT2D eigenvalue weighted by Crippen LogP contribution is 2.37. The van der Waals surface area contributed by atoms with Gasteiger partial charge in [0.05, 0.1) is 5.56 Å². The fourth-order valence-electron chi connectivity index (χ4n) is 1.38. The second-order valence-electron chi connectivity index (χ2n) is 3.80. The highest BCUT2D eigenvalue weighted by atomic mass is 35.5. The number of halogens is 4. The zero-order valence-electron chi connectivity index (χ0n) is 9.78. The number of pyridine rings is 1. The van der Waals surface area contributed by atoms with Crippen LogP contribution < -0.4 is 10.5 Å². The van der Waals surface area contributed by atoms with E-state index in [1.54, 1.807) is 0 Å². The van der Waals surface area contributed by atoms with E-state index in [9.17, 15) is 18.3 Å². The topological polar surface area (TPSA) is 68.4 Å². The molecule has 8 heteroatoms. The second-order valence-corrected chi connectivity index (χ2v) is 4.21. The van der Waals surface area contributed by atoms with Crippen LogP contribution in [0.25, 0.3) is 0 Å². The summed E-state index contributed by atoms with van der Waals surface area (Å²) in [6, 6.07) is 4.91. The number of rotatable bonds is 2. The molecule has 20 heavy (non-hydrogen) atoms. The maximum Gasteiger partial charge on any atom is 0.417 e. The van der Waals surface area contributed by atoms with E-state index in [4.69, 9.17) is 22.1 Å². The van der Waals surface area contributed by atoms with E-state index in [0.717, 1.165) is 0 Å². The molecule has 0 amide bonds. The molecule has 1 heterocycles. The molecule has 0 atom stereocenters. The Balaban J connectivity index is 2.33. The number of aromatic hydroxyl groups is 1. The lowest BCUT2D eigenvalue weighted by Gasteiger charge is -2.11. The number of phenols is 1. The normalized spacial score (nSPS) is 11.4. The van der Waals surface area contributed by atoms with Gasteiger partial charge in [0.1, 0.15) is 16.5 Å². The molecule has 0 saturated carbocycles. The van der Waals surface area contributed by atoms with Gasteiger partial charge >= 0.3 is 6.18 Å². The van der Waals surface area contributed by atoms with E-state index in [0.29, 0.717) is 12.3 Å². The van der Waals surface area contributed by atoms with E-state index >= 15 is 0 Å². The summed E-state index contributed by atoms with van der Waals surface area (Å²) in [5.74, 6) is -0.415. The first kappa shape index (κ1) is 14.3. The molecule has 0 spiro atoms. The molecule has 0 aliphatic rings. The predicted octanol–water partition coefficient (Wildman–Crippen LogP) is 3.83. The average Bonchev–Trinajstić information content (AvgIpc) is 2.36. The summed E-state index contributed by atoms with van der Waals surface area (Å²) in [7, 11) is 0. The largest absolute Gasteiger partial charge is 0.506 e. The Bertz CT molecular complexity index is 647. The van der Waals surface area contributed by atoms with Crippen LogP contribution >= 0.6 is 11.6 Å². The third kappa shape index (κ3) is 2.88. The van der Waals surface area contributed by atoms with Gasteiger partial charge in [-0.1, -0.05) is 17.7 Å². The quantitative estimate of drug-likeness (QED) is 0.653. The van der Waals surface area contributed by atoms with Crippen molar-refractivity contribution in [1.82, 2.24) is 4.98 Å². The number of anilines is 1. The third-order valence-electron chi connectivity index (χ3n) is 2.38. The molecule has 0 aliphatic carbocycles. The van der Waals surface area contributed by atoms with Crippen LogP contribution in [0.1, 0.15) is 5.56 Å². The monoisotopic (exact) mass is 304 g/mol. The summed E-state index contributed by atoms with van der Waals surface area (Å²) in [4.78, 5) is 3.50. The fourth-order valence-corrected chi connectivity index (χ4v) is 1.59. The summed E-state index contributed by atoms with van der Waals surface area (Å²) < 4.78 is 42.5. The number of nitrogens with two attached hydrogens (primary N) is 1. The van der Waals surface area contributed by atoms with Gasteiger partial charge < -0.3 is 15.6 Å². The minimum Gasteiger partial charge on any atom is -0.506 e. The van der Waals surface area contributed by atoms with Gasteiger partial charge in [-0.05, 0) is 18.2 Å². The van der Waals surface area contributed by atoms with Gasteiger partial charge in [-0.15, -0.1) is 0 Å². The summed E-state index contributed by atoms with van der Waals surface area (Å²) in [6.07, 6.45) is -3.95. The van der Waals surface area contributed by atoms with Crippen LogP contribution in [0.5, 0.6) is 17.4 Å². The molecule has 2 aromatic rings. The van der Waals surface area contributed by atoms with Crippen molar-refractivity contribution in [2.24, 2.45) is 0 Å². The average molecular weight is 305 g/mol. The molecule has 4 nitrogen and oxygen atoms in total. The molecule has 0 unspecified atom stereocenters. The van der Waals surface area contributed by atoms with Crippen LogP contribution in [-0.2, 0) is 6.18 Å². The number of alkyl halides is 3. The SMILES string of the molecule is Nc1c(O)cccc1Oc1ncc(C(F)(F)F)cc1Cl. The number of benzene rings is 1. The smallest absolute Gasteiger partial charge is 0.417 e. The van der Waals surface area contributed by atoms with Gasteiger partial charge in [-0.2, -0.15) is 13.2 Å². The van der Waals surface area contributed by atoms with Crippen LogP contribution in [0.3, 0.4) is 0 Å². The lowest BCUT2D eigenvalue weighted by Crippen LogP contribution is -2.06. The van der Waals surface area contributed by atoms with Crippen LogP contribution in [0.4, 0.5) is 18.9 Å². The highest BCUT2D eigenvalue weighted by molar-refractivity contribution is 6.31. The van der Waals surface area contributed by atoms with Gasteiger partial charge in [-0.25, -0.2) is 4.98 Å². The van der Waals surface area contributed by atoms with Crippen LogP contribution in [-0.4, -0.2) is 10.1 Å². The summed E-state index contributed by atoms with van der Waals surface area (Å²) >= 11 is 5.69. The summed E-state index contributed by atoms with van der Waals surface area (Å²) in [5.41, 5.74) is 4.50. The fraction of sp³-hybridized carbons (Fsp3) is 0.0833. The third-order valence-corrected chi connectivity index (χ3v) is 2.66. The molecular weight excluding hydrogens is 297 g/mol. The molecule has 0 bridgehead atoms. The first-order valence-corrected chi connectivity index (χ1v) is 5.65. The second kappa shape index (κ2) is 5.09. The van der Waals surface area contributed by atoms with Crippen LogP contribution in [0, 0.1) is 0 Å². The van der Waals surface area contributed by atoms with E-state index < -0.39 is 11.7 Å². The van der Waals surface area contributed by atoms with Gasteiger partial charge in [0.2, 0.25) is 5.88 Å². The first-order chi connectivity index (χ1) is 9.29. The van der Waals surface area contributed by atoms with Gasteiger partial charge in [-0.3, -0.25) is 0 Å². The van der Waals surface area contributed by atoms with Crippen molar-refractivity contribution in [3.63, 3.8) is 0 Å². The summed E-state index contributed by atoms with van der Waals surface area (Å²) in [5, 5.41) is 9.07. The van der Waals surface area contributed by atoms with Gasteiger partial charge in [0.15, 0.2) is 5.75 Å². The zero-order chi connectivity index (χ0) is 14.9. The van der Waals surface area contributed by atoms with Crippen LogP contribution in [0.15, 0.2) is 30.5 Å². The van der Waals surface area contributed by atoms with Crippen LogP contribution in [0.2, 0.25) is 5.02 Å². The number of hydrogen-bond acceptors (Lipinski definition) is 4. The van der Waals surface area contributed by atoms with Crippen molar-refractivity contribution in [2.75, 3.05) is 5.73 Å². The first-order valence-electron chi connectivity index (χ1n) is 5.27. The minimum absolute atomic E-state index is 0.0409. The maximum atomic E-state index is 12.5. The molecule has 0 fully saturated rings. The summed E-state index contributed by atoms with van der Waals surface area (Å²) in [6.45, 7) is 0. The molecule has 0 saturated heterocycles. The number of aromatic nitrogens is 1. The molecular formula is C12H8ClF3N2O2. The highest BCUT2D eigenvalue weighted by Gasteiger charge is 2.31. The Hall–Kier alpha value is -2.15. The van der Waals surface area contributed by atoms with E-state index in [-0.39, 0.29) is 28.1 Å². The number of hydrogen-bond donors (Lipinski definition) is 2. The Morgan fingerprint density at radius 2 is 2.00 bits per heavy atom. The number of nitrogen functional groups attached to an aromatic ring is 1. The van der Waals surface area contributed by atoms with Crippen molar-refractivity contribution in [3.05, 3.63) is 41.0 Å². The van der Waals surface area contributed by atoms with E-state index in [1.807, 2.05) is 0 Å². The Labute approximate surface area is 116 Å². The Morgan fingerprint density at radius 1 is 1.30 bits per heavy atom. The number of phenolic OH excluding ortho intramolecular Hbond substituents is 1. The van der Waals surface area contributed by atoms with Crippen molar-refractivity contribution >= 4 is 17.3 Å². The van der Waals surface area contributed by atoms with E-state index in [2.05, 4.69) is 4.98 Å². The standard InChI is InChI=1S/C12H8ClF3N2O2/c13-7-4-6(12(14,15)16)5-18-11(7)20-9-3-1-2-8(19)10(9)17/h1-5,19H,17H2. The van der Waals surface area contributed by atoms with Crippen molar-refractivity contribution in [2.45, 2.75) is 6.18 Å². The van der Waals surface area contributed by atoms with E-state index in [1.165, 1.54) is 18.2 Å². The Kier molecular flexibility index (Phi) is 3.63. The zero-order valence-corrected chi connectivity index (χ0v) is 10.5. The Morgan fingerprint density at radius 3 is 2.60 bits per heavy atom. The molecule has 1 aromatic heterocycles. The molecule has 2 rings (SSSR count). The number of nitrogens with zero attached hydrogens (tertiary/aromatic N) is 1. The predicted molar refractivity (Wildman–Crippen MR) is 66.8 cm³/mol. The number of para-hydroxylation sites is 1. The minimum atomic E-state index is -4.54. The van der Waals surface area contributed by atoms with Crippen molar-refractivity contribution in [3.8, 4) is 17.4 Å². The molecule has 3 N–H and O–H groups in total. The molecule has 0 aliphatic heterocycles. The number of ether oxygens (including phenoxy) is 1. The van der Waals surface area contributed by atoms with Gasteiger partial charge in [0, 0.05) is 6.20 Å². The lowest BCUT2D eigenvalue weighted by molar-refractivity contribution is -0.137.